The predicted octanol–water partition coefficient (Wildman–Crippen LogP) is 3.56. The Morgan fingerprint density at radius 1 is 1.25 bits per heavy atom. The molecule has 1 fully saturated rings. The zero-order chi connectivity index (χ0) is 17.1. The van der Waals surface area contributed by atoms with Gasteiger partial charge in [-0.15, -0.1) is 11.3 Å². The lowest BCUT2D eigenvalue weighted by Gasteiger charge is -2.29. The summed E-state index contributed by atoms with van der Waals surface area (Å²) >= 11 is 1.56. The van der Waals surface area contributed by atoms with Crippen LogP contribution in [-0.4, -0.2) is 44.1 Å². The average molecular weight is 344 g/mol. The molecule has 1 aliphatic rings. The number of methoxy groups -OCH3 is 1. The number of nitrogens with one attached hydrogen (secondary N) is 1. The first-order valence-electron chi connectivity index (χ1n) is 8.31. The van der Waals surface area contributed by atoms with Gasteiger partial charge in [-0.05, 0) is 69.2 Å². The van der Waals surface area contributed by atoms with Crippen LogP contribution in [0, 0.1) is 6.92 Å². The Morgan fingerprint density at radius 2 is 1.92 bits per heavy atom. The molecule has 1 amide bonds. The molecular formula is C19H24N2O2S. The van der Waals surface area contributed by atoms with Crippen molar-refractivity contribution in [1.82, 2.24) is 10.2 Å². The van der Waals surface area contributed by atoms with Crippen LogP contribution in [0.4, 0.5) is 0 Å². The van der Waals surface area contributed by atoms with Gasteiger partial charge in [0.25, 0.3) is 5.91 Å². The minimum atomic E-state index is 0.0532. The summed E-state index contributed by atoms with van der Waals surface area (Å²) in [5.41, 5.74) is 2.24. The van der Waals surface area contributed by atoms with Crippen molar-refractivity contribution in [2.24, 2.45) is 0 Å². The zero-order valence-corrected chi connectivity index (χ0v) is 15.3. The Hall–Kier alpha value is -1.85. The van der Waals surface area contributed by atoms with Crippen molar-refractivity contribution in [2.45, 2.75) is 25.8 Å². The number of rotatable bonds is 4. The first-order chi connectivity index (χ1) is 11.6. The molecule has 0 bridgehead atoms. The lowest BCUT2D eigenvalue weighted by atomic mass is 10.0. The summed E-state index contributed by atoms with van der Waals surface area (Å²) in [5.74, 6) is 0.893. The van der Waals surface area contributed by atoms with Gasteiger partial charge in [0.15, 0.2) is 0 Å². The molecule has 5 heteroatoms. The number of aryl methyl sites for hydroxylation is 1. The third kappa shape index (κ3) is 3.79. The summed E-state index contributed by atoms with van der Waals surface area (Å²) in [7, 11) is 3.79. The van der Waals surface area contributed by atoms with Crippen molar-refractivity contribution < 1.29 is 9.53 Å². The minimum Gasteiger partial charge on any atom is -0.497 e. The third-order valence-corrected chi connectivity index (χ3v) is 5.65. The van der Waals surface area contributed by atoms with Gasteiger partial charge in [-0.25, -0.2) is 0 Å². The fourth-order valence-electron chi connectivity index (χ4n) is 3.06. The Labute approximate surface area is 147 Å². The number of nitrogens with zero attached hydrogens (tertiary/aromatic N) is 1. The molecular weight excluding hydrogens is 320 g/mol. The van der Waals surface area contributed by atoms with E-state index < -0.39 is 0 Å². The van der Waals surface area contributed by atoms with Crippen molar-refractivity contribution in [3.8, 4) is 16.9 Å². The van der Waals surface area contributed by atoms with E-state index in [0.717, 1.165) is 52.6 Å². The second-order valence-electron chi connectivity index (χ2n) is 6.36. The number of hydrogen-bond acceptors (Lipinski definition) is 4. The number of hydrogen-bond donors (Lipinski definition) is 1. The Bertz CT molecular complexity index is 701. The maximum atomic E-state index is 12.6. The zero-order valence-electron chi connectivity index (χ0n) is 14.5. The van der Waals surface area contributed by atoms with Gasteiger partial charge in [0, 0.05) is 10.9 Å². The molecule has 0 atom stereocenters. The molecule has 0 spiro atoms. The van der Waals surface area contributed by atoms with Crippen LogP contribution in [0.2, 0.25) is 0 Å². The quantitative estimate of drug-likeness (QED) is 0.922. The number of likely N-dealkylation sites (tertiary alicyclic amines) is 1. The van der Waals surface area contributed by atoms with E-state index in [4.69, 9.17) is 4.74 Å². The van der Waals surface area contributed by atoms with Crippen LogP contribution < -0.4 is 10.1 Å². The second-order valence-corrected chi connectivity index (χ2v) is 7.62. The summed E-state index contributed by atoms with van der Waals surface area (Å²) in [5, 5.41) is 3.19. The highest BCUT2D eigenvalue weighted by Crippen LogP contribution is 2.32. The molecule has 1 saturated heterocycles. The maximum absolute atomic E-state index is 12.6. The minimum absolute atomic E-state index is 0.0532. The molecule has 0 saturated carbocycles. The topological polar surface area (TPSA) is 41.6 Å². The van der Waals surface area contributed by atoms with Crippen molar-refractivity contribution in [3.05, 3.63) is 40.1 Å². The molecule has 0 radical (unpaired) electrons. The summed E-state index contributed by atoms with van der Waals surface area (Å²) in [4.78, 5) is 16.8. The van der Waals surface area contributed by atoms with Gasteiger partial charge in [0.2, 0.25) is 0 Å². The Balaban J connectivity index is 1.71. The van der Waals surface area contributed by atoms with Crippen molar-refractivity contribution in [1.29, 1.82) is 0 Å². The summed E-state index contributed by atoms with van der Waals surface area (Å²) in [6.07, 6.45) is 2.05. The Kier molecular flexibility index (Phi) is 5.21. The van der Waals surface area contributed by atoms with Crippen molar-refractivity contribution in [2.75, 3.05) is 27.2 Å². The van der Waals surface area contributed by atoms with E-state index >= 15 is 0 Å². The van der Waals surface area contributed by atoms with Crippen LogP contribution in [0.1, 0.15) is 27.4 Å². The SMILES string of the molecule is COc1ccc(-c2cc(C(=O)NC3CCN(C)CC3)sc2C)cc1. The first-order valence-corrected chi connectivity index (χ1v) is 9.12. The van der Waals surface area contributed by atoms with E-state index in [2.05, 4.69) is 24.2 Å². The van der Waals surface area contributed by atoms with Gasteiger partial charge >= 0.3 is 0 Å². The average Bonchev–Trinajstić information content (AvgIpc) is 2.99. The molecule has 0 aliphatic carbocycles. The van der Waals surface area contributed by atoms with Gasteiger partial charge in [0.05, 0.1) is 12.0 Å². The molecule has 2 heterocycles. The van der Waals surface area contributed by atoms with Crippen LogP contribution >= 0.6 is 11.3 Å². The highest BCUT2D eigenvalue weighted by atomic mass is 32.1. The summed E-state index contributed by atoms with van der Waals surface area (Å²) in [6.45, 7) is 4.16. The standard InChI is InChI=1S/C19H24N2O2S/c1-13-17(14-4-6-16(23-3)7-5-14)12-18(24-13)19(22)20-15-8-10-21(2)11-9-15/h4-7,12,15H,8-11H2,1-3H3,(H,20,22). The first kappa shape index (κ1) is 17.0. The molecule has 0 unspecified atom stereocenters. The van der Waals surface area contributed by atoms with E-state index in [0.29, 0.717) is 6.04 Å². The lowest BCUT2D eigenvalue weighted by Crippen LogP contribution is -2.43. The van der Waals surface area contributed by atoms with Gasteiger partial charge in [0.1, 0.15) is 5.75 Å². The fourth-order valence-corrected chi connectivity index (χ4v) is 4.01. The maximum Gasteiger partial charge on any atom is 0.261 e. The van der Waals surface area contributed by atoms with Gasteiger partial charge in [-0.2, -0.15) is 0 Å². The molecule has 4 nitrogen and oxygen atoms in total. The smallest absolute Gasteiger partial charge is 0.261 e. The number of carbonyl (C=O) groups excluding carboxylic acids is 1. The number of piperidine rings is 1. The Morgan fingerprint density at radius 3 is 2.54 bits per heavy atom. The van der Waals surface area contributed by atoms with Crippen molar-refractivity contribution >= 4 is 17.2 Å². The molecule has 1 aromatic heterocycles. The summed E-state index contributed by atoms with van der Waals surface area (Å²) in [6, 6.07) is 10.3. The lowest BCUT2D eigenvalue weighted by molar-refractivity contribution is 0.0921. The van der Waals surface area contributed by atoms with Crippen molar-refractivity contribution in [3.63, 3.8) is 0 Å². The molecule has 2 aromatic rings. The van der Waals surface area contributed by atoms with E-state index in [1.807, 2.05) is 30.3 Å². The monoisotopic (exact) mass is 344 g/mol. The van der Waals surface area contributed by atoms with E-state index in [1.165, 1.54) is 0 Å². The largest absolute Gasteiger partial charge is 0.497 e. The van der Waals surface area contributed by atoms with Crippen LogP contribution in [0.15, 0.2) is 30.3 Å². The van der Waals surface area contributed by atoms with Crippen LogP contribution in [0.25, 0.3) is 11.1 Å². The molecule has 128 valence electrons. The number of carbonyl (C=O) groups is 1. The number of amides is 1. The third-order valence-electron chi connectivity index (χ3n) is 4.60. The number of benzene rings is 1. The molecule has 3 rings (SSSR count). The van der Waals surface area contributed by atoms with E-state index in [1.54, 1.807) is 18.4 Å². The van der Waals surface area contributed by atoms with Crippen LogP contribution in [-0.2, 0) is 0 Å². The number of ether oxygens (including phenoxy) is 1. The molecule has 1 aliphatic heterocycles. The predicted molar refractivity (Wildman–Crippen MR) is 99.0 cm³/mol. The highest BCUT2D eigenvalue weighted by Gasteiger charge is 2.20. The van der Waals surface area contributed by atoms with Crippen LogP contribution in [0.3, 0.4) is 0 Å². The van der Waals surface area contributed by atoms with Gasteiger partial charge in [-0.1, -0.05) is 12.1 Å². The highest BCUT2D eigenvalue weighted by molar-refractivity contribution is 7.14. The van der Waals surface area contributed by atoms with Gasteiger partial charge in [-0.3, -0.25) is 4.79 Å². The molecule has 1 N–H and O–H groups in total. The number of thiophene rings is 1. The second kappa shape index (κ2) is 7.36. The van der Waals surface area contributed by atoms with E-state index in [-0.39, 0.29) is 5.91 Å². The van der Waals surface area contributed by atoms with Gasteiger partial charge < -0.3 is 15.0 Å². The van der Waals surface area contributed by atoms with E-state index in [9.17, 15) is 4.79 Å². The molecule has 1 aromatic carbocycles. The normalized spacial score (nSPS) is 16.1. The summed E-state index contributed by atoms with van der Waals surface area (Å²) < 4.78 is 5.21. The van der Waals surface area contributed by atoms with Crippen LogP contribution in [0.5, 0.6) is 5.75 Å². The fraction of sp³-hybridized carbons (Fsp3) is 0.421. The molecule has 24 heavy (non-hydrogen) atoms.